The third-order valence-electron chi connectivity index (χ3n) is 4.36. The molecule has 118 valence electrons. The molecule has 1 aliphatic heterocycles. The van der Waals surface area contributed by atoms with Gasteiger partial charge in [0, 0.05) is 30.2 Å². The standard InChI is InChI=1S/C16H16FN5O/c1-10-19-20-15-9-21(4-5-22(10)15)16(23)6-11-8-18-14-7-12(17)2-3-13(11)14/h2-3,7-8,18H,4-6,9H2,1H3. The molecule has 0 saturated carbocycles. The highest BCUT2D eigenvalue weighted by Crippen LogP contribution is 2.21. The molecule has 0 fully saturated rings. The first kappa shape index (κ1) is 13.9. The number of rotatable bonds is 2. The maximum atomic E-state index is 13.2. The Morgan fingerprint density at radius 1 is 1.35 bits per heavy atom. The Balaban J connectivity index is 1.54. The monoisotopic (exact) mass is 313 g/mol. The van der Waals surface area contributed by atoms with Crippen molar-refractivity contribution in [1.82, 2.24) is 24.6 Å². The number of nitrogens with one attached hydrogen (secondary N) is 1. The van der Waals surface area contributed by atoms with Gasteiger partial charge in [0.2, 0.25) is 5.91 Å². The molecule has 0 unspecified atom stereocenters. The second-order valence-corrected chi connectivity index (χ2v) is 5.81. The van der Waals surface area contributed by atoms with Crippen molar-refractivity contribution in [2.75, 3.05) is 6.54 Å². The molecule has 4 rings (SSSR count). The molecule has 3 heterocycles. The Kier molecular flexibility index (Phi) is 3.14. The number of aromatic amines is 1. The van der Waals surface area contributed by atoms with Gasteiger partial charge in [0.1, 0.15) is 11.6 Å². The fraction of sp³-hybridized carbons (Fsp3) is 0.312. The second kappa shape index (κ2) is 5.19. The molecular formula is C16H16FN5O. The first-order chi connectivity index (χ1) is 11.1. The number of halogens is 1. The number of carbonyl (C=O) groups is 1. The zero-order valence-electron chi connectivity index (χ0n) is 12.7. The van der Waals surface area contributed by atoms with Gasteiger partial charge in [-0.2, -0.15) is 0 Å². The van der Waals surface area contributed by atoms with E-state index in [0.29, 0.717) is 25.0 Å². The molecule has 1 N–H and O–H groups in total. The molecular weight excluding hydrogens is 297 g/mol. The Labute approximate surface area is 131 Å². The topological polar surface area (TPSA) is 66.8 Å². The van der Waals surface area contributed by atoms with Crippen LogP contribution in [-0.4, -0.2) is 37.1 Å². The molecule has 3 aromatic rings. The fourth-order valence-electron chi connectivity index (χ4n) is 3.10. The molecule has 1 amide bonds. The van der Waals surface area contributed by atoms with E-state index in [1.165, 1.54) is 12.1 Å². The van der Waals surface area contributed by atoms with E-state index in [0.717, 1.165) is 29.1 Å². The minimum absolute atomic E-state index is 0.0436. The van der Waals surface area contributed by atoms with Crippen molar-refractivity contribution < 1.29 is 9.18 Å². The average Bonchev–Trinajstić information content (AvgIpc) is 3.11. The van der Waals surface area contributed by atoms with Crippen LogP contribution < -0.4 is 0 Å². The van der Waals surface area contributed by atoms with Crippen LogP contribution in [-0.2, 0) is 24.3 Å². The normalized spacial score (nSPS) is 14.3. The molecule has 0 radical (unpaired) electrons. The summed E-state index contributed by atoms with van der Waals surface area (Å²) in [4.78, 5) is 17.4. The molecule has 0 saturated heterocycles. The van der Waals surface area contributed by atoms with Crippen LogP contribution in [0.15, 0.2) is 24.4 Å². The number of fused-ring (bicyclic) bond motifs is 2. The van der Waals surface area contributed by atoms with E-state index in [9.17, 15) is 9.18 Å². The lowest BCUT2D eigenvalue weighted by molar-refractivity contribution is -0.132. The summed E-state index contributed by atoms with van der Waals surface area (Å²) in [5.41, 5.74) is 1.59. The SMILES string of the molecule is Cc1nnc2n1CCN(C(=O)Cc1c[nH]c3cc(F)ccc13)C2. The van der Waals surface area contributed by atoms with Gasteiger partial charge in [-0.05, 0) is 30.7 Å². The minimum atomic E-state index is -0.289. The van der Waals surface area contributed by atoms with Gasteiger partial charge in [-0.15, -0.1) is 10.2 Å². The molecule has 1 aliphatic rings. The van der Waals surface area contributed by atoms with Crippen LogP contribution in [0, 0.1) is 12.7 Å². The minimum Gasteiger partial charge on any atom is -0.361 e. The zero-order chi connectivity index (χ0) is 16.0. The highest BCUT2D eigenvalue weighted by Gasteiger charge is 2.23. The molecule has 23 heavy (non-hydrogen) atoms. The van der Waals surface area contributed by atoms with Crippen molar-refractivity contribution in [2.24, 2.45) is 0 Å². The zero-order valence-corrected chi connectivity index (χ0v) is 12.7. The van der Waals surface area contributed by atoms with Crippen molar-refractivity contribution >= 4 is 16.8 Å². The molecule has 0 spiro atoms. The van der Waals surface area contributed by atoms with E-state index < -0.39 is 0 Å². The molecule has 0 bridgehead atoms. The number of aryl methyl sites for hydroxylation is 1. The lowest BCUT2D eigenvalue weighted by Gasteiger charge is -2.27. The maximum Gasteiger partial charge on any atom is 0.227 e. The first-order valence-electron chi connectivity index (χ1n) is 7.54. The summed E-state index contributed by atoms with van der Waals surface area (Å²) in [5.74, 6) is 1.46. The van der Waals surface area contributed by atoms with Gasteiger partial charge >= 0.3 is 0 Å². The number of amides is 1. The molecule has 2 aromatic heterocycles. The second-order valence-electron chi connectivity index (χ2n) is 5.81. The van der Waals surface area contributed by atoms with Gasteiger partial charge in [0.05, 0.1) is 13.0 Å². The Morgan fingerprint density at radius 3 is 3.09 bits per heavy atom. The number of benzene rings is 1. The van der Waals surface area contributed by atoms with Crippen molar-refractivity contribution in [2.45, 2.75) is 26.4 Å². The van der Waals surface area contributed by atoms with Gasteiger partial charge in [0.25, 0.3) is 0 Å². The molecule has 6 nitrogen and oxygen atoms in total. The Morgan fingerprint density at radius 2 is 2.22 bits per heavy atom. The fourth-order valence-corrected chi connectivity index (χ4v) is 3.10. The summed E-state index contributed by atoms with van der Waals surface area (Å²) in [6.07, 6.45) is 2.07. The first-order valence-corrected chi connectivity index (χ1v) is 7.54. The summed E-state index contributed by atoms with van der Waals surface area (Å²) < 4.78 is 15.3. The largest absolute Gasteiger partial charge is 0.361 e. The lowest BCUT2D eigenvalue weighted by atomic mass is 10.1. The summed E-state index contributed by atoms with van der Waals surface area (Å²) >= 11 is 0. The summed E-state index contributed by atoms with van der Waals surface area (Å²) in [6.45, 7) is 3.77. The molecule has 7 heteroatoms. The van der Waals surface area contributed by atoms with Crippen molar-refractivity contribution in [3.05, 3.63) is 47.4 Å². The third kappa shape index (κ3) is 2.38. The summed E-state index contributed by atoms with van der Waals surface area (Å²) in [7, 11) is 0. The predicted molar refractivity (Wildman–Crippen MR) is 82.1 cm³/mol. The lowest BCUT2D eigenvalue weighted by Crippen LogP contribution is -2.39. The number of aromatic nitrogens is 4. The van der Waals surface area contributed by atoms with E-state index in [1.807, 2.05) is 11.5 Å². The van der Waals surface area contributed by atoms with Crippen molar-refractivity contribution in [1.29, 1.82) is 0 Å². The van der Waals surface area contributed by atoms with Crippen LogP contribution >= 0.6 is 0 Å². The smallest absolute Gasteiger partial charge is 0.227 e. The van der Waals surface area contributed by atoms with E-state index in [1.54, 1.807) is 17.2 Å². The van der Waals surface area contributed by atoms with Gasteiger partial charge in [-0.25, -0.2) is 4.39 Å². The third-order valence-corrected chi connectivity index (χ3v) is 4.36. The van der Waals surface area contributed by atoms with E-state index in [-0.39, 0.29) is 11.7 Å². The van der Waals surface area contributed by atoms with Gasteiger partial charge in [-0.1, -0.05) is 0 Å². The van der Waals surface area contributed by atoms with Crippen LogP contribution in [0.5, 0.6) is 0 Å². The molecule has 1 aromatic carbocycles. The predicted octanol–water partition coefficient (Wildman–Crippen LogP) is 1.79. The van der Waals surface area contributed by atoms with Crippen molar-refractivity contribution in [3.63, 3.8) is 0 Å². The Hall–Kier alpha value is -2.70. The quantitative estimate of drug-likeness (QED) is 0.784. The van der Waals surface area contributed by atoms with E-state index in [4.69, 9.17) is 0 Å². The van der Waals surface area contributed by atoms with Gasteiger partial charge in [-0.3, -0.25) is 4.79 Å². The van der Waals surface area contributed by atoms with Crippen LogP contribution in [0.4, 0.5) is 4.39 Å². The molecule has 0 atom stereocenters. The summed E-state index contributed by atoms with van der Waals surface area (Å²) in [5, 5.41) is 9.05. The number of H-pyrrole nitrogens is 1. The number of hydrogen-bond acceptors (Lipinski definition) is 3. The maximum absolute atomic E-state index is 13.2. The van der Waals surface area contributed by atoms with Gasteiger partial charge < -0.3 is 14.5 Å². The number of carbonyl (C=O) groups excluding carboxylic acids is 1. The van der Waals surface area contributed by atoms with E-state index in [2.05, 4.69) is 15.2 Å². The van der Waals surface area contributed by atoms with Crippen LogP contribution in [0.25, 0.3) is 10.9 Å². The van der Waals surface area contributed by atoms with Crippen LogP contribution in [0.2, 0.25) is 0 Å². The highest BCUT2D eigenvalue weighted by molar-refractivity contribution is 5.89. The Bertz CT molecular complexity index is 897. The number of hydrogen-bond donors (Lipinski definition) is 1. The highest BCUT2D eigenvalue weighted by atomic mass is 19.1. The number of nitrogens with zero attached hydrogens (tertiary/aromatic N) is 4. The molecule has 0 aliphatic carbocycles. The average molecular weight is 313 g/mol. The summed E-state index contributed by atoms with van der Waals surface area (Å²) in [6, 6.07) is 4.56. The van der Waals surface area contributed by atoms with E-state index >= 15 is 0 Å². The van der Waals surface area contributed by atoms with Crippen molar-refractivity contribution in [3.8, 4) is 0 Å². The van der Waals surface area contributed by atoms with Gasteiger partial charge in [0.15, 0.2) is 5.82 Å². The van der Waals surface area contributed by atoms with Crippen LogP contribution in [0.1, 0.15) is 17.2 Å². The van der Waals surface area contributed by atoms with Crippen LogP contribution in [0.3, 0.4) is 0 Å².